The van der Waals surface area contributed by atoms with Crippen LogP contribution in [-0.4, -0.2) is 44.8 Å². The molecule has 1 aliphatic rings. The molecular weight excluding hydrogens is 261 g/mol. The number of carbonyl (C=O) groups is 1. The first-order chi connectivity index (χ1) is 7.74. The summed E-state index contributed by atoms with van der Waals surface area (Å²) in [5, 5.41) is 0. The first-order valence-corrected chi connectivity index (χ1v) is 6.45. The highest BCUT2D eigenvalue weighted by Crippen LogP contribution is 2.18. The molecule has 0 aromatic rings. The van der Waals surface area contributed by atoms with Gasteiger partial charge in [-0.25, -0.2) is 0 Å². The van der Waals surface area contributed by atoms with Crippen molar-refractivity contribution in [2.45, 2.75) is 19.0 Å². The van der Waals surface area contributed by atoms with Crippen LogP contribution in [0.15, 0.2) is 0 Å². The van der Waals surface area contributed by atoms with E-state index in [0.29, 0.717) is 19.1 Å². The van der Waals surface area contributed by atoms with Crippen LogP contribution in [-0.2, 0) is 15.0 Å². The van der Waals surface area contributed by atoms with Crippen LogP contribution in [0.3, 0.4) is 0 Å². The van der Waals surface area contributed by atoms with E-state index in [1.54, 1.807) is 0 Å². The minimum atomic E-state index is -4.59. The zero-order valence-corrected chi connectivity index (χ0v) is 9.72. The highest BCUT2D eigenvalue weighted by atomic mass is 32.2. The highest BCUT2D eigenvalue weighted by molar-refractivity contribution is 7.87. The number of carbonyl (C=O) groups excluding carboxylic acids is 1. The van der Waals surface area contributed by atoms with Gasteiger partial charge in [-0.1, -0.05) is 0 Å². The predicted octanol–water partition coefficient (Wildman–Crippen LogP) is 0.294. The summed E-state index contributed by atoms with van der Waals surface area (Å²) >= 11 is 0. The number of nitrogens with zero attached hydrogens (tertiary/aromatic N) is 1. The molecule has 1 atom stereocenters. The molecule has 1 fully saturated rings. The molecule has 17 heavy (non-hydrogen) atoms. The summed E-state index contributed by atoms with van der Waals surface area (Å²) in [6.45, 7) is -1.52. The van der Waals surface area contributed by atoms with E-state index >= 15 is 0 Å². The van der Waals surface area contributed by atoms with Crippen LogP contribution in [0.2, 0.25) is 0 Å². The van der Waals surface area contributed by atoms with Crippen LogP contribution in [0.5, 0.6) is 0 Å². The minimum Gasteiger partial charge on any atom is -0.303 e. The van der Waals surface area contributed by atoms with E-state index in [4.69, 9.17) is 0 Å². The van der Waals surface area contributed by atoms with Crippen molar-refractivity contribution in [3.63, 3.8) is 0 Å². The summed E-state index contributed by atoms with van der Waals surface area (Å²) in [5.41, 5.74) is 0. The Morgan fingerprint density at radius 1 is 1.41 bits per heavy atom. The van der Waals surface area contributed by atoms with Gasteiger partial charge in [-0.3, -0.25) is 0 Å². The Morgan fingerprint density at radius 3 is 2.59 bits per heavy atom. The maximum absolute atomic E-state index is 11.9. The lowest BCUT2D eigenvalue weighted by Crippen LogP contribution is -2.48. The normalized spacial score (nSPS) is 23.6. The molecule has 0 bridgehead atoms. The average Bonchev–Trinajstić information content (AvgIpc) is 2.26. The van der Waals surface area contributed by atoms with E-state index in [-0.39, 0.29) is 13.1 Å². The van der Waals surface area contributed by atoms with Gasteiger partial charge in [0.2, 0.25) is 0 Å². The van der Waals surface area contributed by atoms with Gasteiger partial charge in [0.25, 0.3) is 10.2 Å². The van der Waals surface area contributed by atoms with Gasteiger partial charge in [0.05, 0.1) is 0 Å². The fourth-order valence-corrected chi connectivity index (χ4v) is 2.85. The number of rotatable bonds is 4. The Bertz CT molecular complexity index is 369. The van der Waals surface area contributed by atoms with Crippen molar-refractivity contribution in [3.05, 3.63) is 0 Å². The zero-order valence-electron chi connectivity index (χ0n) is 8.90. The largest absolute Gasteiger partial charge is 0.402 e. The zero-order chi connectivity index (χ0) is 13.1. The molecule has 0 radical (unpaired) electrons. The quantitative estimate of drug-likeness (QED) is 0.749. The van der Waals surface area contributed by atoms with Gasteiger partial charge in [0.15, 0.2) is 0 Å². The number of piperidine rings is 1. The first kappa shape index (κ1) is 14.4. The number of halogens is 3. The van der Waals surface area contributed by atoms with Gasteiger partial charge < -0.3 is 4.79 Å². The lowest BCUT2D eigenvalue weighted by molar-refractivity contribution is -0.121. The topological polar surface area (TPSA) is 66.5 Å². The summed E-state index contributed by atoms with van der Waals surface area (Å²) in [6, 6.07) is 0. The van der Waals surface area contributed by atoms with Gasteiger partial charge >= 0.3 is 6.18 Å². The van der Waals surface area contributed by atoms with E-state index < -0.39 is 28.8 Å². The van der Waals surface area contributed by atoms with Crippen LogP contribution in [0.4, 0.5) is 13.2 Å². The second-order valence-electron chi connectivity index (χ2n) is 3.84. The third kappa shape index (κ3) is 4.60. The molecule has 1 saturated heterocycles. The molecular formula is C8H13F3N2O3S. The van der Waals surface area contributed by atoms with Crippen LogP contribution in [0.1, 0.15) is 12.8 Å². The maximum Gasteiger partial charge on any atom is 0.402 e. The average molecular weight is 274 g/mol. The molecule has 1 aliphatic heterocycles. The number of hydrogen-bond acceptors (Lipinski definition) is 3. The highest BCUT2D eigenvalue weighted by Gasteiger charge is 2.33. The summed E-state index contributed by atoms with van der Waals surface area (Å²) < 4.78 is 61.0. The van der Waals surface area contributed by atoms with Gasteiger partial charge in [-0.2, -0.15) is 30.6 Å². The van der Waals surface area contributed by atoms with E-state index in [1.165, 1.54) is 4.72 Å². The fraction of sp³-hybridized carbons (Fsp3) is 0.875. The Hall–Kier alpha value is -0.670. The van der Waals surface area contributed by atoms with Crippen LogP contribution in [0, 0.1) is 5.92 Å². The molecule has 1 N–H and O–H groups in total. The number of nitrogens with one attached hydrogen (secondary N) is 1. The summed E-state index contributed by atoms with van der Waals surface area (Å²) in [4.78, 5) is 10.5. The molecule has 0 aromatic heterocycles. The van der Waals surface area contributed by atoms with Gasteiger partial charge in [-0.15, -0.1) is 0 Å². The van der Waals surface area contributed by atoms with Crippen LogP contribution < -0.4 is 4.72 Å². The summed E-state index contributed by atoms with van der Waals surface area (Å²) in [7, 11) is -4.16. The second kappa shape index (κ2) is 5.32. The third-order valence-corrected chi connectivity index (χ3v) is 3.93. The SMILES string of the molecule is O=CC1CCCN(S(=O)(=O)NCC(F)(F)F)C1. The summed E-state index contributed by atoms with van der Waals surface area (Å²) in [6.07, 6.45) is -2.93. The smallest absolute Gasteiger partial charge is 0.303 e. The molecule has 100 valence electrons. The molecule has 0 aliphatic carbocycles. The molecule has 9 heteroatoms. The van der Waals surface area contributed by atoms with Crippen molar-refractivity contribution < 1.29 is 26.4 Å². The minimum absolute atomic E-state index is 0.0588. The van der Waals surface area contributed by atoms with E-state index in [1.807, 2.05) is 0 Å². The predicted molar refractivity (Wildman–Crippen MR) is 53.3 cm³/mol. The number of alkyl halides is 3. The van der Waals surface area contributed by atoms with Crippen molar-refractivity contribution in [1.82, 2.24) is 9.03 Å². The maximum atomic E-state index is 11.9. The lowest BCUT2D eigenvalue weighted by atomic mass is 10.0. The van der Waals surface area contributed by atoms with E-state index in [9.17, 15) is 26.4 Å². The molecule has 0 amide bonds. The van der Waals surface area contributed by atoms with Crippen molar-refractivity contribution in [2.75, 3.05) is 19.6 Å². The molecule has 0 aromatic carbocycles. The van der Waals surface area contributed by atoms with E-state index in [0.717, 1.165) is 4.31 Å². The molecule has 1 heterocycles. The van der Waals surface area contributed by atoms with Crippen LogP contribution in [0.25, 0.3) is 0 Å². The molecule has 1 unspecified atom stereocenters. The van der Waals surface area contributed by atoms with Crippen molar-refractivity contribution >= 4 is 16.5 Å². The summed E-state index contributed by atoms with van der Waals surface area (Å²) in [5.74, 6) is -0.439. The monoisotopic (exact) mass is 274 g/mol. The van der Waals surface area contributed by atoms with Crippen molar-refractivity contribution in [3.8, 4) is 0 Å². The van der Waals surface area contributed by atoms with E-state index in [2.05, 4.69) is 0 Å². The molecule has 0 spiro atoms. The van der Waals surface area contributed by atoms with Gasteiger partial charge in [-0.05, 0) is 12.8 Å². The Kier molecular flexibility index (Phi) is 4.50. The van der Waals surface area contributed by atoms with Crippen molar-refractivity contribution in [1.29, 1.82) is 0 Å². The molecule has 1 rings (SSSR count). The molecule has 5 nitrogen and oxygen atoms in total. The second-order valence-corrected chi connectivity index (χ2v) is 5.59. The number of hydrogen-bond donors (Lipinski definition) is 1. The Balaban J connectivity index is 2.60. The standard InChI is InChI=1S/C8H13F3N2O3S/c9-8(10,11)6-12-17(15,16)13-3-1-2-7(4-13)5-14/h5,7,12H,1-4,6H2. The Labute approximate surface area is 97.2 Å². The van der Waals surface area contributed by atoms with Crippen molar-refractivity contribution in [2.24, 2.45) is 5.92 Å². The van der Waals surface area contributed by atoms with Gasteiger partial charge in [0.1, 0.15) is 12.8 Å². The molecule has 0 saturated carbocycles. The van der Waals surface area contributed by atoms with Crippen LogP contribution >= 0.6 is 0 Å². The Morgan fingerprint density at radius 2 is 2.06 bits per heavy atom. The number of aldehydes is 1. The third-order valence-electron chi connectivity index (χ3n) is 2.41. The first-order valence-electron chi connectivity index (χ1n) is 5.01. The lowest BCUT2D eigenvalue weighted by Gasteiger charge is -2.29. The fourth-order valence-electron chi connectivity index (χ4n) is 1.57. The van der Waals surface area contributed by atoms with Gasteiger partial charge in [0, 0.05) is 19.0 Å².